The van der Waals surface area contributed by atoms with Gasteiger partial charge in [-0.1, -0.05) is 84.1 Å². The van der Waals surface area contributed by atoms with Crippen LogP contribution in [0.15, 0.2) is 88.8 Å². The molecule has 0 bridgehead atoms. The average molecular weight is 401 g/mol. The Bertz CT molecular complexity index is 1220. The van der Waals surface area contributed by atoms with Crippen molar-refractivity contribution >= 4 is 28.4 Å². The highest BCUT2D eigenvalue weighted by atomic mass is 32.2. The van der Waals surface area contributed by atoms with E-state index in [1.165, 1.54) is 11.8 Å². The number of hydrogen-bond acceptors (Lipinski definition) is 4. The number of hydrogen-bond donors (Lipinski definition) is 0. The summed E-state index contributed by atoms with van der Waals surface area (Å²) < 4.78 is 1.66. The van der Waals surface area contributed by atoms with Crippen LogP contribution in [0.4, 0.5) is 0 Å². The molecule has 0 aliphatic carbocycles. The van der Waals surface area contributed by atoms with Crippen molar-refractivity contribution in [3.63, 3.8) is 0 Å². The molecule has 4 nitrogen and oxygen atoms in total. The molecule has 0 unspecified atom stereocenters. The molecule has 0 atom stereocenters. The monoisotopic (exact) mass is 400 g/mol. The molecule has 0 fully saturated rings. The van der Waals surface area contributed by atoms with Crippen molar-refractivity contribution in [1.29, 1.82) is 0 Å². The van der Waals surface area contributed by atoms with Crippen LogP contribution < -0.4 is 5.56 Å². The summed E-state index contributed by atoms with van der Waals surface area (Å²) in [4.78, 5) is 30.4. The molecule has 0 radical (unpaired) electrons. The van der Waals surface area contributed by atoms with Gasteiger partial charge in [0.2, 0.25) is 0 Å². The largest absolute Gasteiger partial charge is 0.293 e. The number of nitrogens with zero attached hydrogens (tertiary/aromatic N) is 2. The number of benzene rings is 3. The van der Waals surface area contributed by atoms with Crippen molar-refractivity contribution in [2.45, 2.75) is 18.6 Å². The van der Waals surface area contributed by atoms with Gasteiger partial charge in [0.1, 0.15) is 0 Å². The maximum absolute atomic E-state index is 13.1. The van der Waals surface area contributed by atoms with Crippen LogP contribution in [-0.4, -0.2) is 21.1 Å². The van der Waals surface area contributed by atoms with E-state index < -0.39 is 0 Å². The highest BCUT2D eigenvalue weighted by Gasteiger charge is 2.14. The maximum Gasteiger partial charge on any atom is 0.262 e. The molecule has 3 aromatic carbocycles. The third-order valence-electron chi connectivity index (χ3n) is 4.72. The number of carbonyl (C=O) groups excluding carboxylic acids is 1. The van der Waals surface area contributed by atoms with Crippen LogP contribution in [0.3, 0.4) is 0 Å². The normalized spacial score (nSPS) is 10.9. The van der Waals surface area contributed by atoms with Crippen molar-refractivity contribution in [3.8, 4) is 0 Å². The van der Waals surface area contributed by atoms with Crippen molar-refractivity contribution in [2.24, 2.45) is 0 Å². The van der Waals surface area contributed by atoms with Gasteiger partial charge in [-0.25, -0.2) is 4.98 Å². The number of aryl methyl sites for hydroxylation is 1. The summed E-state index contributed by atoms with van der Waals surface area (Å²) in [5.41, 5.74) is 3.35. The minimum atomic E-state index is -0.0928. The first-order valence-electron chi connectivity index (χ1n) is 9.38. The van der Waals surface area contributed by atoms with E-state index in [9.17, 15) is 9.59 Å². The van der Waals surface area contributed by atoms with Crippen LogP contribution in [0.2, 0.25) is 0 Å². The molecule has 1 aromatic heterocycles. The van der Waals surface area contributed by atoms with Gasteiger partial charge in [0.15, 0.2) is 10.9 Å². The molecule has 0 amide bonds. The van der Waals surface area contributed by atoms with Crippen LogP contribution in [-0.2, 0) is 6.54 Å². The van der Waals surface area contributed by atoms with Crippen molar-refractivity contribution in [2.75, 3.05) is 5.75 Å². The highest BCUT2D eigenvalue weighted by Crippen LogP contribution is 2.20. The molecule has 144 valence electrons. The fourth-order valence-corrected chi connectivity index (χ4v) is 4.01. The maximum atomic E-state index is 13.1. The number of ketones is 1. The SMILES string of the molecule is Cc1ccc(C(=O)CSc2nc3ccccc3c(=O)n2Cc2ccccc2)cc1. The fraction of sp³-hybridized carbons (Fsp3) is 0.125. The minimum absolute atomic E-state index is 0.0173. The number of fused-ring (bicyclic) bond motifs is 1. The second-order valence-corrected chi connectivity index (χ2v) is 7.81. The molecule has 0 N–H and O–H groups in total. The Morgan fingerprint density at radius 1 is 0.931 bits per heavy atom. The van der Waals surface area contributed by atoms with Crippen molar-refractivity contribution < 1.29 is 4.79 Å². The molecule has 0 aliphatic rings. The van der Waals surface area contributed by atoms with Gasteiger partial charge in [-0.05, 0) is 24.6 Å². The van der Waals surface area contributed by atoms with Gasteiger partial charge in [0.05, 0.1) is 23.2 Å². The lowest BCUT2D eigenvalue weighted by Gasteiger charge is -2.13. The molecule has 4 rings (SSSR count). The number of rotatable bonds is 6. The van der Waals surface area contributed by atoms with E-state index >= 15 is 0 Å². The number of para-hydroxylation sites is 1. The summed E-state index contributed by atoms with van der Waals surface area (Å²) in [6.07, 6.45) is 0. The third kappa shape index (κ3) is 4.30. The van der Waals surface area contributed by atoms with Gasteiger partial charge in [-0.15, -0.1) is 0 Å². The Morgan fingerprint density at radius 2 is 1.62 bits per heavy atom. The van der Waals surface area contributed by atoms with Gasteiger partial charge < -0.3 is 0 Å². The van der Waals surface area contributed by atoms with Crippen LogP contribution in [0.5, 0.6) is 0 Å². The lowest BCUT2D eigenvalue weighted by Crippen LogP contribution is -2.24. The van der Waals surface area contributed by atoms with Crippen molar-refractivity contribution in [3.05, 3.63) is 106 Å². The first-order chi connectivity index (χ1) is 14.1. The molecular weight excluding hydrogens is 380 g/mol. The molecule has 4 aromatic rings. The van der Waals surface area contributed by atoms with Crippen LogP contribution in [0, 0.1) is 6.92 Å². The van der Waals surface area contributed by atoms with Crippen LogP contribution in [0.25, 0.3) is 10.9 Å². The third-order valence-corrected chi connectivity index (χ3v) is 5.69. The number of thioether (sulfide) groups is 1. The molecule has 29 heavy (non-hydrogen) atoms. The average Bonchev–Trinajstić information content (AvgIpc) is 2.75. The Balaban J connectivity index is 1.68. The van der Waals surface area contributed by atoms with Gasteiger partial charge >= 0.3 is 0 Å². The zero-order chi connectivity index (χ0) is 20.2. The topological polar surface area (TPSA) is 52.0 Å². The first-order valence-corrected chi connectivity index (χ1v) is 10.4. The van der Waals surface area contributed by atoms with Crippen LogP contribution >= 0.6 is 11.8 Å². The van der Waals surface area contributed by atoms with E-state index in [0.717, 1.165) is 11.1 Å². The number of carbonyl (C=O) groups is 1. The quantitative estimate of drug-likeness (QED) is 0.267. The van der Waals surface area contributed by atoms with Crippen molar-refractivity contribution in [1.82, 2.24) is 9.55 Å². The second kappa shape index (κ2) is 8.45. The molecular formula is C24H20N2O2S. The molecule has 0 saturated carbocycles. The standard InChI is InChI=1S/C24H20N2O2S/c1-17-11-13-19(14-12-17)22(27)16-29-24-25-21-10-6-5-9-20(21)23(28)26(24)15-18-7-3-2-4-8-18/h2-14H,15-16H2,1H3. The lowest BCUT2D eigenvalue weighted by molar-refractivity contribution is 0.102. The molecule has 5 heteroatoms. The van der Waals surface area contributed by atoms with Gasteiger partial charge in [0.25, 0.3) is 5.56 Å². The zero-order valence-corrected chi connectivity index (χ0v) is 16.9. The summed E-state index contributed by atoms with van der Waals surface area (Å²) in [6.45, 7) is 2.41. The Kier molecular flexibility index (Phi) is 5.58. The van der Waals surface area contributed by atoms with E-state index in [2.05, 4.69) is 4.98 Å². The van der Waals surface area contributed by atoms with Crippen LogP contribution in [0.1, 0.15) is 21.5 Å². The smallest absolute Gasteiger partial charge is 0.262 e. The molecule has 1 heterocycles. The first kappa shape index (κ1) is 19.2. The summed E-state index contributed by atoms with van der Waals surface area (Å²) in [6, 6.07) is 24.6. The summed E-state index contributed by atoms with van der Waals surface area (Å²) in [5, 5.41) is 1.13. The zero-order valence-electron chi connectivity index (χ0n) is 16.0. The van der Waals surface area contributed by atoms with E-state index in [-0.39, 0.29) is 17.1 Å². The summed E-state index contributed by atoms with van der Waals surface area (Å²) in [5.74, 6) is 0.242. The lowest BCUT2D eigenvalue weighted by atomic mass is 10.1. The predicted octanol–water partition coefficient (Wildman–Crippen LogP) is 4.73. The Hall–Kier alpha value is -3.18. The van der Waals surface area contributed by atoms with E-state index in [0.29, 0.717) is 28.2 Å². The van der Waals surface area contributed by atoms with E-state index in [1.54, 1.807) is 10.6 Å². The Morgan fingerprint density at radius 3 is 2.38 bits per heavy atom. The van der Waals surface area contributed by atoms with Gasteiger partial charge in [-0.2, -0.15) is 0 Å². The highest BCUT2D eigenvalue weighted by molar-refractivity contribution is 7.99. The second-order valence-electron chi connectivity index (χ2n) is 6.87. The van der Waals surface area contributed by atoms with Gasteiger partial charge in [0, 0.05) is 5.56 Å². The molecule has 0 spiro atoms. The Labute approximate surface area is 173 Å². The fourth-order valence-electron chi connectivity index (χ4n) is 3.12. The minimum Gasteiger partial charge on any atom is -0.293 e. The van der Waals surface area contributed by atoms with E-state index in [4.69, 9.17) is 0 Å². The van der Waals surface area contributed by atoms with E-state index in [1.807, 2.05) is 79.7 Å². The summed E-state index contributed by atoms with van der Waals surface area (Å²) in [7, 11) is 0. The number of aromatic nitrogens is 2. The van der Waals surface area contributed by atoms with Gasteiger partial charge in [-0.3, -0.25) is 14.2 Å². The molecule has 0 aliphatic heterocycles. The predicted molar refractivity (Wildman–Crippen MR) is 118 cm³/mol. The summed E-state index contributed by atoms with van der Waals surface area (Å²) >= 11 is 1.30. The number of Topliss-reactive ketones (excluding diaryl/α,β-unsaturated/α-hetero) is 1. The molecule has 0 saturated heterocycles.